The molecule has 0 atom stereocenters. The third-order valence-corrected chi connectivity index (χ3v) is 1.92. The fourth-order valence-corrected chi connectivity index (χ4v) is 0.836. The number of nitrogens with zero attached hydrogens (tertiary/aromatic N) is 2. The van der Waals surface area contributed by atoms with E-state index in [4.69, 9.17) is 5.73 Å². The third-order valence-electron chi connectivity index (χ3n) is 1.92. The molecule has 1 aromatic rings. The second kappa shape index (κ2) is 6.27. The lowest BCUT2D eigenvalue weighted by molar-refractivity contribution is -0.141. The van der Waals surface area contributed by atoms with Gasteiger partial charge < -0.3 is 5.73 Å². The first-order valence-corrected chi connectivity index (χ1v) is 5.15. The highest BCUT2D eigenvalue weighted by molar-refractivity contribution is 5.91. The van der Waals surface area contributed by atoms with Crippen molar-refractivity contribution in [3.05, 3.63) is 17.5 Å². The van der Waals surface area contributed by atoms with Gasteiger partial charge in [-0.2, -0.15) is 18.3 Å². The molecular weight excluding hydrogens is 235 g/mol. The maximum Gasteiger partial charge on any atom is 0.435 e. The lowest BCUT2D eigenvalue weighted by Gasteiger charge is -1.98. The Morgan fingerprint density at radius 3 is 2.06 bits per heavy atom. The van der Waals surface area contributed by atoms with E-state index in [2.05, 4.69) is 18.9 Å². The molecule has 4 nitrogen and oxygen atoms in total. The zero-order valence-corrected chi connectivity index (χ0v) is 10.0. The van der Waals surface area contributed by atoms with E-state index in [-0.39, 0.29) is 5.69 Å². The Kier molecular flexibility index (Phi) is 5.70. The SMILES string of the molecule is CCCC.Cn1nc(C(F)(F)F)cc1C(N)=O. The van der Waals surface area contributed by atoms with Gasteiger partial charge in [0.15, 0.2) is 5.69 Å². The van der Waals surface area contributed by atoms with Crippen LogP contribution >= 0.6 is 0 Å². The number of nitrogens with two attached hydrogens (primary N) is 1. The van der Waals surface area contributed by atoms with Gasteiger partial charge in [0.2, 0.25) is 0 Å². The van der Waals surface area contributed by atoms with Gasteiger partial charge in [-0.05, 0) is 0 Å². The van der Waals surface area contributed by atoms with Crippen molar-refractivity contribution in [1.29, 1.82) is 0 Å². The van der Waals surface area contributed by atoms with E-state index in [0.717, 1.165) is 4.68 Å². The first-order chi connectivity index (χ1) is 7.73. The monoisotopic (exact) mass is 251 g/mol. The third kappa shape index (κ3) is 4.88. The Morgan fingerprint density at radius 2 is 1.88 bits per heavy atom. The summed E-state index contributed by atoms with van der Waals surface area (Å²) >= 11 is 0. The van der Waals surface area contributed by atoms with Crippen molar-refractivity contribution in [2.24, 2.45) is 12.8 Å². The molecular formula is C10H16F3N3O. The van der Waals surface area contributed by atoms with Crippen molar-refractivity contribution < 1.29 is 18.0 Å². The van der Waals surface area contributed by atoms with Crippen LogP contribution in [0.1, 0.15) is 42.9 Å². The lowest BCUT2D eigenvalue weighted by atomic mass is 10.3. The van der Waals surface area contributed by atoms with Gasteiger partial charge in [-0.25, -0.2) is 0 Å². The molecule has 1 rings (SSSR count). The highest BCUT2D eigenvalue weighted by atomic mass is 19.4. The maximum atomic E-state index is 12.0. The second-order valence-electron chi connectivity index (χ2n) is 3.40. The second-order valence-corrected chi connectivity index (χ2v) is 3.40. The van der Waals surface area contributed by atoms with Gasteiger partial charge in [-0.1, -0.05) is 26.7 Å². The van der Waals surface area contributed by atoms with Gasteiger partial charge >= 0.3 is 6.18 Å². The van der Waals surface area contributed by atoms with Crippen LogP contribution in [0.3, 0.4) is 0 Å². The molecule has 98 valence electrons. The molecule has 1 amide bonds. The average Bonchev–Trinajstić information content (AvgIpc) is 2.60. The fourth-order valence-electron chi connectivity index (χ4n) is 0.836. The predicted molar refractivity (Wildman–Crippen MR) is 57.3 cm³/mol. The largest absolute Gasteiger partial charge is 0.435 e. The van der Waals surface area contributed by atoms with Crippen LogP contribution in [-0.4, -0.2) is 15.7 Å². The van der Waals surface area contributed by atoms with Gasteiger partial charge in [-0.15, -0.1) is 0 Å². The molecule has 0 aliphatic rings. The number of carbonyl (C=O) groups excluding carboxylic acids is 1. The molecule has 0 saturated heterocycles. The van der Waals surface area contributed by atoms with Crippen LogP contribution in [0.2, 0.25) is 0 Å². The van der Waals surface area contributed by atoms with Crippen LogP contribution < -0.4 is 5.73 Å². The summed E-state index contributed by atoms with van der Waals surface area (Å²) in [4.78, 5) is 10.6. The molecule has 0 unspecified atom stereocenters. The molecule has 0 aliphatic heterocycles. The van der Waals surface area contributed by atoms with Crippen LogP contribution in [0.5, 0.6) is 0 Å². The molecule has 0 saturated carbocycles. The Morgan fingerprint density at radius 1 is 1.41 bits per heavy atom. The molecule has 0 spiro atoms. The van der Waals surface area contributed by atoms with Crippen molar-refractivity contribution in [3.8, 4) is 0 Å². The zero-order chi connectivity index (χ0) is 13.6. The standard InChI is InChI=1S/C6H6F3N3O.C4H10/c1-12-3(5(10)13)2-4(11-12)6(7,8)9;1-3-4-2/h2H,1H3,(H2,10,13);3-4H2,1-2H3. The number of amides is 1. The van der Waals surface area contributed by atoms with Gasteiger partial charge in [0, 0.05) is 13.1 Å². The lowest BCUT2D eigenvalue weighted by Crippen LogP contribution is -2.15. The normalized spacial score (nSPS) is 10.7. The number of unbranched alkanes of at least 4 members (excludes halogenated alkanes) is 1. The zero-order valence-electron chi connectivity index (χ0n) is 10.0. The van der Waals surface area contributed by atoms with Crippen LogP contribution in [0.4, 0.5) is 13.2 Å². The van der Waals surface area contributed by atoms with E-state index in [1.165, 1.54) is 19.9 Å². The van der Waals surface area contributed by atoms with Crippen LogP contribution in [-0.2, 0) is 13.2 Å². The average molecular weight is 251 g/mol. The van der Waals surface area contributed by atoms with Crippen LogP contribution in [0.15, 0.2) is 6.07 Å². The Labute approximate surface area is 97.6 Å². The summed E-state index contributed by atoms with van der Waals surface area (Å²) in [6.45, 7) is 4.36. The van der Waals surface area contributed by atoms with Crippen molar-refractivity contribution in [3.63, 3.8) is 0 Å². The number of rotatable bonds is 2. The summed E-state index contributed by atoms with van der Waals surface area (Å²) < 4.78 is 36.8. The summed E-state index contributed by atoms with van der Waals surface area (Å²) in [5.74, 6) is -0.939. The molecule has 0 aromatic carbocycles. The summed E-state index contributed by atoms with van der Waals surface area (Å²) in [6.07, 6.45) is -1.91. The number of aromatic nitrogens is 2. The first kappa shape index (κ1) is 15.5. The van der Waals surface area contributed by atoms with Gasteiger partial charge in [0.25, 0.3) is 5.91 Å². The Balaban J connectivity index is 0.000000557. The maximum absolute atomic E-state index is 12.0. The number of alkyl halides is 3. The molecule has 1 heterocycles. The molecule has 0 radical (unpaired) electrons. The highest BCUT2D eigenvalue weighted by Crippen LogP contribution is 2.28. The minimum atomic E-state index is -4.55. The van der Waals surface area contributed by atoms with Crippen molar-refractivity contribution in [2.45, 2.75) is 32.9 Å². The fraction of sp³-hybridized carbons (Fsp3) is 0.600. The topological polar surface area (TPSA) is 60.9 Å². The van der Waals surface area contributed by atoms with Gasteiger partial charge in [0.1, 0.15) is 5.69 Å². The summed E-state index contributed by atoms with van der Waals surface area (Å²) in [7, 11) is 1.22. The van der Waals surface area contributed by atoms with Gasteiger partial charge in [-0.3, -0.25) is 9.48 Å². The minimum Gasteiger partial charge on any atom is -0.364 e. The van der Waals surface area contributed by atoms with Crippen molar-refractivity contribution >= 4 is 5.91 Å². The molecule has 2 N–H and O–H groups in total. The van der Waals surface area contributed by atoms with Crippen LogP contribution in [0, 0.1) is 0 Å². The number of aryl methyl sites for hydroxylation is 1. The molecule has 17 heavy (non-hydrogen) atoms. The quantitative estimate of drug-likeness (QED) is 0.877. The summed E-state index contributed by atoms with van der Waals surface area (Å²) in [5.41, 5.74) is 3.41. The van der Waals surface area contributed by atoms with Crippen LogP contribution in [0.25, 0.3) is 0 Å². The Hall–Kier alpha value is -1.53. The van der Waals surface area contributed by atoms with Crippen molar-refractivity contribution in [1.82, 2.24) is 9.78 Å². The van der Waals surface area contributed by atoms with E-state index >= 15 is 0 Å². The number of hydrogen-bond acceptors (Lipinski definition) is 2. The summed E-state index contributed by atoms with van der Waals surface area (Å²) in [5, 5.41) is 3.09. The van der Waals surface area contributed by atoms with E-state index in [0.29, 0.717) is 6.07 Å². The first-order valence-electron chi connectivity index (χ1n) is 5.15. The Bertz CT molecular complexity index is 369. The molecule has 0 bridgehead atoms. The molecule has 0 aliphatic carbocycles. The smallest absolute Gasteiger partial charge is 0.364 e. The summed E-state index contributed by atoms with van der Waals surface area (Å²) in [6, 6.07) is 0.613. The molecule has 0 fully saturated rings. The van der Waals surface area contributed by atoms with E-state index in [9.17, 15) is 18.0 Å². The van der Waals surface area contributed by atoms with E-state index in [1.54, 1.807) is 0 Å². The highest BCUT2D eigenvalue weighted by Gasteiger charge is 2.35. The molecule has 1 aromatic heterocycles. The predicted octanol–water partition coefficient (Wildman–Crippen LogP) is 2.34. The number of primary amides is 1. The molecule has 7 heteroatoms. The number of halogens is 3. The van der Waals surface area contributed by atoms with E-state index < -0.39 is 17.8 Å². The number of carbonyl (C=O) groups is 1. The number of hydrogen-bond donors (Lipinski definition) is 1. The van der Waals surface area contributed by atoms with E-state index in [1.807, 2.05) is 0 Å². The van der Waals surface area contributed by atoms with Crippen molar-refractivity contribution in [2.75, 3.05) is 0 Å². The minimum absolute atomic E-state index is 0.271. The van der Waals surface area contributed by atoms with Gasteiger partial charge in [0.05, 0.1) is 0 Å².